The van der Waals surface area contributed by atoms with Crippen LogP contribution in [0.4, 0.5) is 0 Å². The summed E-state index contributed by atoms with van der Waals surface area (Å²) < 4.78 is 31.1. The molecule has 10 nitrogen and oxygen atoms in total. The monoisotopic (exact) mass is 540 g/mol. The first-order valence-corrected chi connectivity index (χ1v) is 14.1. The van der Waals surface area contributed by atoms with Crippen molar-refractivity contribution in [3.8, 4) is 0 Å². The van der Waals surface area contributed by atoms with Crippen LogP contribution < -0.4 is 0 Å². The molecule has 0 radical (unpaired) electrons. The Balaban J connectivity index is 1.28. The van der Waals surface area contributed by atoms with Crippen LogP contribution in [-0.2, 0) is 38.1 Å². The molecule has 7 aliphatic heterocycles. The Morgan fingerprint density at radius 3 is 2.51 bits per heavy atom. The molecule has 9 aliphatic rings. The number of carbonyl (C=O) groups is 3. The van der Waals surface area contributed by atoms with E-state index in [4.69, 9.17) is 23.7 Å². The van der Waals surface area contributed by atoms with Gasteiger partial charge in [-0.1, -0.05) is 13.8 Å². The van der Waals surface area contributed by atoms with Gasteiger partial charge in [0.1, 0.15) is 17.5 Å². The molecule has 208 valence electrons. The smallest absolute Gasteiger partial charge is 0.339 e. The summed E-state index contributed by atoms with van der Waals surface area (Å²) in [6, 6.07) is 0. The van der Waals surface area contributed by atoms with Crippen molar-refractivity contribution in [1.82, 2.24) is 0 Å². The number of carbonyl (C=O) groups excluding carboxylic acids is 3. The number of esters is 2. The fourth-order valence-electron chi connectivity index (χ4n) is 11.3. The van der Waals surface area contributed by atoms with Gasteiger partial charge in [-0.25, -0.2) is 4.79 Å². The normalized spacial score (nSPS) is 62.2. The van der Waals surface area contributed by atoms with Gasteiger partial charge in [0.25, 0.3) is 0 Å². The summed E-state index contributed by atoms with van der Waals surface area (Å²) in [5.41, 5.74) is -3.10. The zero-order valence-corrected chi connectivity index (χ0v) is 22.5. The number of aliphatic hydroxyl groups is 2. The molecule has 2 spiro atoms. The highest BCUT2D eigenvalue weighted by atomic mass is 16.7. The third kappa shape index (κ3) is 2.05. The molecule has 0 aromatic heterocycles. The molecule has 0 aromatic carbocycles. The Morgan fingerprint density at radius 1 is 1.08 bits per heavy atom. The lowest BCUT2D eigenvalue weighted by Crippen LogP contribution is -2.73. The molecule has 2 N–H and O–H groups in total. The van der Waals surface area contributed by atoms with Crippen LogP contribution >= 0.6 is 0 Å². The SMILES string of the molecule is CC1=CC(=C2C(C)C3C4C5(O)OC6(CC2C34C)C(C5=O)C2CC3C(C)(C)OC4CC(=O)OC43C6(O)O2)OC1=O. The molecule has 4 bridgehead atoms. The molecule has 0 aromatic rings. The molecule has 0 amide bonds. The number of ketones is 1. The lowest BCUT2D eigenvalue weighted by molar-refractivity contribution is -0.392. The number of ether oxygens (including phenoxy) is 5. The van der Waals surface area contributed by atoms with E-state index in [2.05, 4.69) is 6.92 Å². The fraction of sp³-hybridized carbons (Fsp3) is 0.759. The third-order valence-corrected chi connectivity index (χ3v) is 12.5. The Labute approximate surface area is 224 Å². The average Bonchev–Trinajstić information content (AvgIpc) is 3.15. The molecule has 39 heavy (non-hydrogen) atoms. The van der Waals surface area contributed by atoms with E-state index < -0.39 is 81.5 Å². The molecule has 13 atom stereocenters. The largest absolute Gasteiger partial charge is 0.450 e. The van der Waals surface area contributed by atoms with Crippen molar-refractivity contribution >= 4 is 17.7 Å². The zero-order chi connectivity index (χ0) is 27.4. The lowest BCUT2D eigenvalue weighted by atomic mass is 9.63. The maximum absolute atomic E-state index is 14.2. The number of hydrogen-bond donors (Lipinski definition) is 2. The molecule has 2 aliphatic carbocycles. The second kappa shape index (κ2) is 6.06. The third-order valence-electron chi connectivity index (χ3n) is 12.5. The van der Waals surface area contributed by atoms with Crippen LogP contribution in [0.2, 0.25) is 0 Å². The van der Waals surface area contributed by atoms with Crippen molar-refractivity contribution in [2.75, 3.05) is 0 Å². The van der Waals surface area contributed by atoms with E-state index in [1.54, 1.807) is 13.0 Å². The van der Waals surface area contributed by atoms with Gasteiger partial charge in [-0.2, -0.15) is 0 Å². The molecular formula is C29H32O10. The van der Waals surface area contributed by atoms with Crippen LogP contribution in [0.25, 0.3) is 0 Å². The van der Waals surface area contributed by atoms with Crippen molar-refractivity contribution in [2.45, 2.75) is 94.5 Å². The van der Waals surface area contributed by atoms with Crippen molar-refractivity contribution in [2.24, 2.45) is 40.9 Å². The van der Waals surface area contributed by atoms with Crippen LogP contribution in [0.3, 0.4) is 0 Å². The van der Waals surface area contributed by atoms with Crippen LogP contribution in [-0.4, -0.2) is 68.5 Å². The maximum Gasteiger partial charge on any atom is 0.339 e. The summed E-state index contributed by atoms with van der Waals surface area (Å²) in [5, 5.41) is 25.0. The van der Waals surface area contributed by atoms with E-state index in [0.29, 0.717) is 17.8 Å². The number of Topliss-reactive ketones (excluding diaryl/α,β-unsaturated/α-hetero) is 1. The first-order chi connectivity index (χ1) is 18.2. The van der Waals surface area contributed by atoms with E-state index in [1.807, 2.05) is 20.8 Å². The number of hydrogen-bond acceptors (Lipinski definition) is 10. The first-order valence-electron chi connectivity index (χ1n) is 14.1. The van der Waals surface area contributed by atoms with Gasteiger partial charge >= 0.3 is 11.9 Å². The highest BCUT2D eigenvalue weighted by molar-refractivity contribution is 5.94. The van der Waals surface area contributed by atoms with E-state index in [0.717, 1.165) is 5.57 Å². The van der Waals surface area contributed by atoms with Gasteiger partial charge in [0.2, 0.25) is 23.0 Å². The zero-order valence-electron chi connectivity index (χ0n) is 22.5. The van der Waals surface area contributed by atoms with Crippen LogP contribution in [0.15, 0.2) is 23.0 Å². The quantitative estimate of drug-likeness (QED) is 0.432. The molecule has 8 fully saturated rings. The Hall–Kier alpha value is -2.11. The predicted molar refractivity (Wildman–Crippen MR) is 127 cm³/mol. The Bertz CT molecular complexity index is 1410. The second-order valence-corrected chi connectivity index (χ2v) is 14.3. The maximum atomic E-state index is 14.2. The Kier molecular flexibility index (Phi) is 3.67. The number of rotatable bonds is 0. The van der Waals surface area contributed by atoms with Crippen LogP contribution in [0.5, 0.6) is 0 Å². The summed E-state index contributed by atoms with van der Waals surface area (Å²) in [7, 11) is 0. The molecule has 9 rings (SSSR count). The van der Waals surface area contributed by atoms with Gasteiger partial charge in [0.05, 0.1) is 24.0 Å². The summed E-state index contributed by atoms with van der Waals surface area (Å²) in [5.74, 6) is -7.47. The van der Waals surface area contributed by atoms with Crippen molar-refractivity contribution in [1.29, 1.82) is 0 Å². The van der Waals surface area contributed by atoms with Gasteiger partial charge in [0, 0.05) is 17.4 Å². The summed E-state index contributed by atoms with van der Waals surface area (Å²) in [6.45, 7) is 9.62. The van der Waals surface area contributed by atoms with Crippen molar-refractivity contribution < 1.29 is 48.3 Å². The van der Waals surface area contributed by atoms with Gasteiger partial charge in [-0.3, -0.25) is 9.59 Å². The molecule has 10 heteroatoms. The van der Waals surface area contributed by atoms with E-state index in [9.17, 15) is 24.6 Å². The number of fused-ring (bicyclic) bond motifs is 6. The lowest BCUT2D eigenvalue weighted by Gasteiger charge is -2.53. The van der Waals surface area contributed by atoms with Gasteiger partial charge in [-0.15, -0.1) is 0 Å². The minimum absolute atomic E-state index is 0.0482. The topological polar surface area (TPSA) is 138 Å². The van der Waals surface area contributed by atoms with Gasteiger partial charge in [0.15, 0.2) is 0 Å². The van der Waals surface area contributed by atoms with Gasteiger partial charge < -0.3 is 33.9 Å². The number of allylic oxidation sites excluding steroid dienone is 2. The summed E-state index contributed by atoms with van der Waals surface area (Å²) >= 11 is 0. The minimum Gasteiger partial charge on any atom is -0.450 e. The van der Waals surface area contributed by atoms with E-state index >= 15 is 0 Å². The van der Waals surface area contributed by atoms with Crippen molar-refractivity contribution in [3.05, 3.63) is 23.0 Å². The minimum atomic E-state index is -2.23. The average molecular weight is 541 g/mol. The standard InChI is InChI=1S/C29H32O10/c1-10-6-13(35-23(10)32)18-11(2)19-21-25(19,5)12(18)9-26-20(22(31)28(21,33)39-26)14-7-15-24(3,4)37-16-8-17(30)38-27(15,16)29(26,34)36-14/h6,11-12,14-16,19-21,33-34H,7-9H2,1-5H3. The first kappa shape index (κ1) is 23.6. The Morgan fingerprint density at radius 2 is 1.82 bits per heavy atom. The molecule has 6 saturated heterocycles. The van der Waals surface area contributed by atoms with Crippen LogP contribution in [0, 0.1) is 40.9 Å². The highest BCUT2D eigenvalue weighted by Crippen LogP contribution is 2.84. The highest BCUT2D eigenvalue weighted by Gasteiger charge is 2.95. The van der Waals surface area contributed by atoms with E-state index in [1.165, 1.54) is 0 Å². The summed E-state index contributed by atoms with van der Waals surface area (Å²) in [4.78, 5) is 39.4. The van der Waals surface area contributed by atoms with Crippen LogP contribution in [0.1, 0.15) is 53.9 Å². The number of cyclic esters (lactones) is 1. The summed E-state index contributed by atoms with van der Waals surface area (Å²) in [6.07, 6.45) is 0.638. The molecule has 7 heterocycles. The molecule has 13 unspecified atom stereocenters. The fourth-order valence-corrected chi connectivity index (χ4v) is 11.3. The molecular weight excluding hydrogens is 508 g/mol. The van der Waals surface area contributed by atoms with E-state index in [-0.39, 0.29) is 30.6 Å². The van der Waals surface area contributed by atoms with Crippen molar-refractivity contribution in [3.63, 3.8) is 0 Å². The molecule has 2 saturated carbocycles. The second-order valence-electron chi connectivity index (χ2n) is 14.3. The predicted octanol–water partition coefficient (Wildman–Crippen LogP) is 1.28. The van der Waals surface area contributed by atoms with Gasteiger partial charge in [-0.05, 0) is 68.4 Å².